The van der Waals surface area contributed by atoms with Crippen molar-refractivity contribution in [2.24, 2.45) is 28.7 Å². The molecule has 22 N–H and O–H groups in total. The first kappa shape index (κ1) is 61.9. The molecule has 4 aromatic heterocycles. The Bertz CT molecular complexity index is 2370. The summed E-state index contributed by atoms with van der Waals surface area (Å²) in [5.41, 5.74) is 31.3. The minimum absolute atomic E-state index is 0.0506. The van der Waals surface area contributed by atoms with Gasteiger partial charge in [-0.15, -0.1) is 0 Å². The van der Waals surface area contributed by atoms with Gasteiger partial charge in [0.1, 0.15) is 42.3 Å². The molecule has 0 aliphatic rings. The summed E-state index contributed by atoms with van der Waals surface area (Å²) in [6, 6.07) is -10.1. The average molecular weight is 1080 g/mol. The second kappa shape index (κ2) is 34.1. The van der Waals surface area contributed by atoms with Gasteiger partial charge in [-0.05, 0) is 103 Å². The van der Waals surface area contributed by atoms with Gasteiger partial charge in [-0.25, -0.2) is 24.7 Å². The van der Waals surface area contributed by atoms with Gasteiger partial charge in [0.15, 0.2) is 0 Å². The lowest BCUT2D eigenvalue weighted by Crippen LogP contribution is -2.60. The predicted octanol–water partition coefficient (Wildman–Crippen LogP) is -3.83. The van der Waals surface area contributed by atoms with Gasteiger partial charge in [0, 0.05) is 73.2 Å². The Hall–Kier alpha value is -7.60. The third-order valence-corrected chi connectivity index (χ3v) is 12.5. The Kier molecular flexibility index (Phi) is 27.5. The normalized spacial score (nSPS) is 14.4. The molecule has 0 aliphatic carbocycles. The van der Waals surface area contributed by atoms with Crippen LogP contribution in [0.2, 0.25) is 0 Å². The van der Waals surface area contributed by atoms with Crippen LogP contribution in [-0.2, 0) is 64.0 Å². The number of nitrogens with zero attached hydrogens (tertiary/aromatic N) is 4. The maximum absolute atomic E-state index is 14.5. The van der Waals surface area contributed by atoms with E-state index in [9.17, 15) is 43.5 Å². The Balaban J connectivity index is 1.57. The third-order valence-electron chi connectivity index (χ3n) is 12.5. The highest BCUT2D eigenvalue weighted by Gasteiger charge is 2.35. The molecule has 0 radical (unpaired) electrons. The van der Waals surface area contributed by atoms with E-state index < -0.39 is 95.7 Å². The molecular weight excluding hydrogens is 1000 g/mol. The summed E-state index contributed by atoms with van der Waals surface area (Å²) in [6.45, 7) is 1.16. The summed E-state index contributed by atoms with van der Waals surface area (Å²) < 4.78 is 0. The van der Waals surface area contributed by atoms with Crippen molar-refractivity contribution in [3.63, 3.8) is 0 Å². The van der Waals surface area contributed by atoms with E-state index in [0.29, 0.717) is 80.7 Å². The Morgan fingerprint density at radius 1 is 0.377 bits per heavy atom. The Morgan fingerprint density at radius 2 is 0.623 bits per heavy atom. The largest absolute Gasteiger partial charge is 0.480 e. The quantitative estimate of drug-likeness (QED) is 0.0190. The highest BCUT2D eigenvalue weighted by atomic mass is 16.4. The van der Waals surface area contributed by atoms with Gasteiger partial charge in [0.2, 0.25) is 41.4 Å². The molecule has 29 nitrogen and oxygen atoms in total. The number of nitrogens with one attached hydrogen (secondary N) is 11. The Labute approximate surface area is 445 Å². The van der Waals surface area contributed by atoms with Crippen LogP contribution in [0.15, 0.2) is 50.1 Å². The standard InChI is InChI=1S/C48H78N20O9/c49-13-5-1-9-34(62-41(69)33(53)17-29-21-54-25-58-29)43(71)66-38(18-30-22-55-26-59-30)46(74)64-35(10-2-6-14-50)42(70)63-36(11-3-7-15-51)44(72)67-39(19-31-23-56-27-60-31)47(75)65-37(12-4-8-16-52)45(73)68-40(48(76)77)20-32-24-57-28-61-32/h21-28,33-40H,1-20,49-53H2,(H,54,58)(H,55,59)(H,56,60)(H,57,61)(H,62,69)(H,63,70)(H,64,74)(H,65,75)(H,66,71)(H,67,72)(H,68,73)(H,76,77)/t33-,34-,35-,36-,37-,38-,39-,40-/m0/s1. The maximum Gasteiger partial charge on any atom is 0.326 e. The van der Waals surface area contributed by atoms with Gasteiger partial charge in [-0.3, -0.25) is 33.6 Å². The molecule has 0 saturated heterocycles. The molecular formula is C48H78N20O9. The van der Waals surface area contributed by atoms with E-state index in [2.05, 4.69) is 77.1 Å². The number of aliphatic carboxylic acids is 1. The third kappa shape index (κ3) is 22.3. The summed E-state index contributed by atoms with van der Waals surface area (Å²) in [7, 11) is 0. The zero-order chi connectivity index (χ0) is 56.0. The number of imidazole rings is 4. The van der Waals surface area contributed by atoms with E-state index in [-0.39, 0.29) is 71.0 Å². The van der Waals surface area contributed by atoms with Crippen molar-refractivity contribution < 1.29 is 43.5 Å². The van der Waals surface area contributed by atoms with Crippen LogP contribution < -0.4 is 65.9 Å². The maximum atomic E-state index is 14.5. The fourth-order valence-electron chi connectivity index (χ4n) is 8.15. The lowest BCUT2D eigenvalue weighted by Gasteiger charge is -2.28. The number of hydrogen-bond donors (Lipinski definition) is 17. The molecule has 0 aromatic carbocycles. The number of carbonyl (C=O) groups is 8. The number of H-pyrrole nitrogens is 4. The van der Waals surface area contributed by atoms with Crippen molar-refractivity contribution in [1.82, 2.24) is 77.1 Å². The molecule has 4 rings (SSSR count). The predicted molar refractivity (Wildman–Crippen MR) is 280 cm³/mol. The lowest BCUT2D eigenvalue weighted by atomic mass is 10.0. The van der Waals surface area contributed by atoms with Crippen LogP contribution >= 0.6 is 0 Å². The summed E-state index contributed by atoms with van der Waals surface area (Å²) >= 11 is 0. The molecule has 29 heteroatoms. The van der Waals surface area contributed by atoms with Crippen LogP contribution in [0.4, 0.5) is 0 Å². The van der Waals surface area contributed by atoms with Crippen molar-refractivity contribution in [2.75, 3.05) is 26.2 Å². The molecule has 7 amide bonds. The summed E-state index contributed by atoms with van der Waals surface area (Å²) in [4.78, 5) is 138. The van der Waals surface area contributed by atoms with E-state index in [1.165, 1.54) is 50.1 Å². The Morgan fingerprint density at radius 3 is 0.896 bits per heavy atom. The number of unbranched alkanes of at least 4 members (excludes halogenated alkanes) is 4. The van der Waals surface area contributed by atoms with Crippen LogP contribution in [0.1, 0.15) is 99.8 Å². The number of aromatic nitrogens is 8. The topological polar surface area (TPSA) is 486 Å². The average Bonchev–Trinajstić information content (AvgIpc) is 4.28. The zero-order valence-corrected chi connectivity index (χ0v) is 43.3. The van der Waals surface area contributed by atoms with E-state index in [0.717, 1.165) is 0 Å². The number of carboxylic acids is 1. The number of rotatable bonds is 39. The van der Waals surface area contributed by atoms with Crippen molar-refractivity contribution in [2.45, 2.75) is 151 Å². The minimum atomic E-state index is -1.38. The molecule has 0 bridgehead atoms. The first-order valence-corrected chi connectivity index (χ1v) is 26.0. The van der Waals surface area contributed by atoms with E-state index in [1.54, 1.807) is 0 Å². The van der Waals surface area contributed by atoms with Crippen LogP contribution in [0.5, 0.6) is 0 Å². The van der Waals surface area contributed by atoms with Crippen molar-refractivity contribution >= 4 is 47.3 Å². The molecule has 4 heterocycles. The van der Waals surface area contributed by atoms with Crippen LogP contribution in [0.3, 0.4) is 0 Å². The number of amides is 7. The summed E-state index contributed by atoms with van der Waals surface area (Å²) in [5, 5.41) is 28.9. The molecule has 8 atom stereocenters. The van der Waals surface area contributed by atoms with Gasteiger partial charge in [0.25, 0.3) is 0 Å². The second-order valence-electron chi connectivity index (χ2n) is 18.6. The van der Waals surface area contributed by atoms with Crippen LogP contribution in [0, 0.1) is 0 Å². The fraction of sp³-hybridized carbons (Fsp3) is 0.583. The van der Waals surface area contributed by atoms with Gasteiger partial charge in [-0.2, -0.15) is 0 Å². The van der Waals surface area contributed by atoms with Crippen molar-refractivity contribution in [3.8, 4) is 0 Å². The highest BCUT2D eigenvalue weighted by molar-refractivity contribution is 5.97. The molecule has 0 saturated carbocycles. The monoisotopic (exact) mass is 1080 g/mol. The summed E-state index contributed by atoms with van der Waals surface area (Å²) in [6.07, 6.45) is 15.1. The zero-order valence-electron chi connectivity index (χ0n) is 43.3. The molecule has 0 aliphatic heterocycles. The lowest BCUT2D eigenvalue weighted by molar-refractivity contribution is -0.142. The van der Waals surface area contributed by atoms with Gasteiger partial charge >= 0.3 is 5.97 Å². The molecule has 77 heavy (non-hydrogen) atoms. The van der Waals surface area contributed by atoms with Gasteiger partial charge < -0.3 is 90.9 Å². The molecule has 4 aromatic rings. The molecule has 424 valence electrons. The molecule has 0 fully saturated rings. The summed E-state index contributed by atoms with van der Waals surface area (Å²) in [5.74, 6) is -6.54. The minimum Gasteiger partial charge on any atom is -0.480 e. The number of hydrogen-bond acceptors (Lipinski definition) is 17. The molecule has 0 spiro atoms. The number of aromatic amines is 4. The number of carboxylic acid groups (broad SMARTS) is 1. The number of carbonyl (C=O) groups excluding carboxylic acids is 7. The second-order valence-corrected chi connectivity index (χ2v) is 18.6. The van der Waals surface area contributed by atoms with Gasteiger partial charge in [0.05, 0.1) is 31.4 Å². The first-order chi connectivity index (χ1) is 37.1. The SMILES string of the molecule is NCCCC[C@H](NC(=O)[C@H](Cc1cnc[nH]1)NC(=O)[C@H](CCCCN)NC(=O)[C@H](CCCCN)NC(=O)[C@H](Cc1cnc[nH]1)NC(=O)[C@H](CCCCN)NC(=O)[C@@H](N)Cc1cnc[nH]1)C(=O)N[C@@H](Cc1cnc[nH]1)C(=O)O. The van der Waals surface area contributed by atoms with E-state index in [4.69, 9.17) is 28.7 Å². The first-order valence-electron chi connectivity index (χ1n) is 26.0. The smallest absolute Gasteiger partial charge is 0.326 e. The van der Waals surface area contributed by atoms with Crippen LogP contribution in [-0.4, -0.2) is 167 Å². The van der Waals surface area contributed by atoms with Gasteiger partial charge in [-0.1, -0.05) is 0 Å². The van der Waals surface area contributed by atoms with Crippen molar-refractivity contribution in [1.29, 1.82) is 0 Å². The van der Waals surface area contributed by atoms with E-state index >= 15 is 0 Å². The van der Waals surface area contributed by atoms with Crippen molar-refractivity contribution in [3.05, 3.63) is 72.9 Å². The highest BCUT2D eigenvalue weighted by Crippen LogP contribution is 2.12. The fourth-order valence-corrected chi connectivity index (χ4v) is 8.15. The van der Waals surface area contributed by atoms with Crippen LogP contribution in [0.25, 0.3) is 0 Å². The van der Waals surface area contributed by atoms with E-state index in [1.807, 2.05) is 0 Å². The number of nitrogens with two attached hydrogens (primary N) is 5. The molecule has 0 unspecified atom stereocenters.